The predicted molar refractivity (Wildman–Crippen MR) is 110 cm³/mol. The van der Waals surface area contributed by atoms with Crippen LogP contribution in [-0.4, -0.2) is 11.1 Å². The van der Waals surface area contributed by atoms with Gasteiger partial charge in [0.05, 0.1) is 0 Å². The highest BCUT2D eigenvalue weighted by Crippen LogP contribution is 2.47. The van der Waals surface area contributed by atoms with Crippen molar-refractivity contribution in [1.29, 1.82) is 0 Å². The van der Waals surface area contributed by atoms with Crippen molar-refractivity contribution < 1.29 is 19.0 Å². The summed E-state index contributed by atoms with van der Waals surface area (Å²) < 4.78 is 19.8. The van der Waals surface area contributed by atoms with Crippen LogP contribution in [0, 0.1) is 5.82 Å². The smallest absolute Gasteiger partial charge is 0.315 e. The van der Waals surface area contributed by atoms with E-state index in [1.807, 2.05) is 36.4 Å². The topological polar surface area (TPSA) is 46.5 Å². The van der Waals surface area contributed by atoms with E-state index in [0.29, 0.717) is 23.5 Å². The quantitative estimate of drug-likeness (QED) is 0.555. The number of ether oxygens (including phenoxy) is 1. The van der Waals surface area contributed by atoms with Gasteiger partial charge in [-0.2, -0.15) is 0 Å². The monoisotopic (exact) mass is 390 g/mol. The number of halogens is 1. The third-order valence-electron chi connectivity index (χ3n) is 5.46. The van der Waals surface area contributed by atoms with Crippen molar-refractivity contribution >= 4 is 5.97 Å². The largest absolute Gasteiger partial charge is 0.481 e. The van der Waals surface area contributed by atoms with E-state index in [2.05, 4.69) is 6.92 Å². The van der Waals surface area contributed by atoms with Crippen molar-refractivity contribution in [3.63, 3.8) is 0 Å². The third-order valence-corrected chi connectivity index (χ3v) is 5.46. The summed E-state index contributed by atoms with van der Waals surface area (Å²) in [4.78, 5) is 12.3. The zero-order valence-electron chi connectivity index (χ0n) is 16.3. The third kappa shape index (κ3) is 3.75. The number of carboxylic acid groups (broad SMARTS) is 1. The Morgan fingerprint density at radius 3 is 2.66 bits per heavy atom. The summed E-state index contributed by atoms with van der Waals surface area (Å²) in [7, 11) is 0. The van der Waals surface area contributed by atoms with Gasteiger partial charge in [0.25, 0.3) is 0 Å². The fraction of sp³-hybridized carbons (Fsp3) is 0.240. The molecule has 0 radical (unpaired) electrons. The molecule has 0 saturated carbocycles. The molecule has 1 atom stereocenters. The van der Waals surface area contributed by atoms with E-state index < -0.39 is 11.9 Å². The van der Waals surface area contributed by atoms with Crippen LogP contribution < -0.4 is 4.74 Å². The first-order valence-corrected chi connectivity index (χ1v) is 9.97. The van der Waals surface area contributed by atoms with Crippen LogP contribution in [0.3, 0.4) is 0 Å². The molecule has 0 amide bonds. The first kappa shape index (κ1) is 19.2. The number of carboxylic acids is 1. The Kier molecular flexibility index (Phi) is 5.34. The van der Waals surface area contributed by atoms with Crippen LogP contribution in [0.2, 0.25) is 0 Å². The lowest BCUT2D eigenvalue weighted by Gasteiger charge is -2.29. The summed E-state index contributed by atoms with van der Waals surface area (Å²) in [5.74, 6) is -0.731. The summed E-state index contributed by atoms with van der Waals surface area (Å²) in [6, 6.07) is 17.7. The first-order valence-electron chi connectivity index (χ1n) is 9.97. The van der Waals surface area contributed by atoms with Gasteiger partial charge < -0.3 is 9.84 Å². The van der Waals surface area contributed by atoms with E-state index in [4.69, 9.17) is 4.74 Å². The second-order valence-corrected chi connectivity index (χ2v) is 7.44. The Morgan fingerprint density at radius 1 is 1.07 bits per heavy atom. The van der Waals surface area contributed by atoms with Crippen LogP contribution >= 0.6 is 0 Å². The van der Waals surface area contributed by atoms with Crippen LogP contribution in [0.1, 0.15) is 53.5 Å². The van der Waals surface area contributed by atoms with Crippen LogP contribution in [0.25, 0.3) is 0 Å². The SMILES string of the molecule is CCCCc1c(Cc2cccc(F)c2)ccc2c1C(C(=O)O)c1ccccc1O2. The molecule has 4 heteroatoms. The number of fused-ring (bicyclic) bond motifs is 2. The number of para-hydroxylation sites is 1. The van der Waals surface area contributed by atoms with E-state index in [1.54, 1.807) is 12.1 Å². The first-order chi connectivity index (χ1) is 14.1. The van der Waals surface area contributed by atoms with Gasteiger partial charge in [0.2, 0.25) is 0 Å². The van der Waals surface area contributed by atoms with Crippen LogP contribution in [0.4, 0.5) is 4.39 Å². The zero-order chi connectivity index (χ0) is 20.4. The molecule has 1 aliphatic rings. The predicted octanol–water partition coefficient (Wildman–Crippen LogP) is 6.08. The van der Waals surface area contributed by atoms with Crippen molar-refractivity contribution in [2.45, 2.75) is 38.5 Å². The summed E-state index contributed by atoms with van der Waals surface area (Å²) in [5, 5.41) is 10.1. The van der Waals surface area contributed by atoms with Crippen LogP contribution in [0.5, 0.6) is 11.5 Å². The fourth-order valence-electron chi connectivity index (χ4n) is 4.12. The van der Waals surface area contributed by atoms with Gasteiger partial charge in [-0.3, -0.25) is 4.79 Å². The number of rotatable bonds is 6. The molecule has 3 nitrogen and oxygen atoms in total. The van der Waals surface area contributed by atoms with Gasteiger partial charge in [-0.05, 0) is 60.2 Å². The minimum absolute atomic E-state index is 0.267. The lowest BCUT2D eigenvalue weighted by molar-refractivity contribution is -0.137. The molecule has 0 bridgehead atoms. The van der Waals surface area contributed by atoms with Gasteiger partial charge >= 0.3 is 5.97 Å². The Morgan fingerprint density at radius 2 is 1.90 bits per heavy atom. The number of carbonyl (C=O) groups is 1. The van der Waals surface area contributed by atoms with Gasteiger partial charge in [-0.25, -0.2) is 4.39 Å². The molecule has 4 rings (SSSR count). The Hall–Kier alpha value is -3.14. The van der Waals surface area contributed by atoms with Gasteiger partial charge in [0.1, 0.15) is 23.2 Å². The minimum Gasteiger partial charge on any atom is -0.481 e. The molecule has 3 aromatic rings. The fourth-order valence-corrected chi connectivity index (χ4v) is 4.12. The molecule has 1 aliphatic heterocycles. The number of aliphatic carboxylic acids is 1. The molecule has 1 unspecified atom stereocenters. The molecule has 3 aromatic carbocycles. The normalized spacial score (nSPS) is 14.6. The van der Waals surface area contributed by atoms with Gasteiger partial charge in [0.15, 0.2) is 0 Å². The van der Waals surface area contributed by atoms with Crippen molar-refractivity contribution in [2.75, 3.05) is 0 Å². The molecule has 0 aliphatic carbocycles. The molecular weight excluding hydrogens is 367 g/mol. The molecular formula is C25H23FO3. The standard InChI is InChI=1S/C25H23FO3/c1-2-3-9-19-17(14-16-7-6-8-18(26)15-16)12-13-22-23(19)24(25(27)28)20-10-4-5-11-21(20)29-22/h4-8,10-13,15,24H,2-3,9,14H2,1H3,(H,27,28). The second-order valence-electron chi connectivity index (χ2n) is 7.44. The highest BCUT2D eigenvalue weighted by molar-refractivity contribution is 5.84. The van der Waals surface area contributed by atoms with Crippen molar-refractivity contribution in [2.24, 2.45) is 0 Å². The van der Waals surface area contributed by atoms with Crippen molar-refractivity contribution in [3.8, 4) is 11.5 Å². The number of unbranched alkanes of at least 4 members (excludes halogenated alkanes) is 1. The maximum absolute atomic E-state index is 13.7. The maximum Gasteiger partial charge on any atom is 0.315 e. The highest BCUT2D eigenvalue weighted by Gasteiger charge is 2.35. The van der Waals surface area contributed by atoms with E-state index in [1.165, 1.54) is 12.1 Å². The lowest BCUT2D eigenvalue weighted by Crippen LogP contribution is -2.21. The Bertz CT molecular complexity index is 1060. The lowest BCUT2D eigenvalue weighted by atomic mass is 9.81. The summed E-state index contributed by atoms with van der Waals surface area (Å²) in [6.07, 6.45) is 3.26. The minimum atomic E-state index is -0.886. The van der Waals surface area contributed by atoms with Crippen LogP contribution in [-0.2, 0) is 17.6 Å². The van der Waals surface area contributed by atoms with Gasteiger partial charge in [-0.15, -0.1) is 0 Å². The molecule has 0 fully saturated rings. The average Bonchev–Trinajstić information content (AvgIpc) is 2.71. The Labute approximate surface area is 169 Å². The van der Waals surface area contributed by atoms with E-state index in [0.717, 1.165) is 41.5 Å². The Balaban J connectivity index is 1.86. The maximum atomic E-state index is 13.7. The average molecular weight is 390 g/mol. The molecule has 0 saturated heterocycles. The molecule has 148 valence electrons. The summed E-state index contributed by atoms with van der Waals surface area (Å²) in [5.41, 5.74) is 4.31. The van der Waals surface area contributed by atoms with E-state index in [9.17, 15) is 14.3 Å². The van der Waals surface area contributed by atoms with E-state index in [-0.39, 0.29) is 5.82 Å². The zero-order valence-corrected chi connectivity index (χ0v) is 16.3. The van der Waals surface area contributed by atoms with E-state index >= 15 is 0 Å². The summed E-state index contributed by atoms with van der Waals surface area (Å²) in [6.45, 7) is 2.11. The molecule has 0 spiro atoms. The van der Waals surface area contributed by atoms with Crippen molar-refractivity contribution in [1.82, 2.24) is 0 Å². The number of benzene rings is 3. The molecule has 29 heavy (non-hydrogen) atoms. The van der Waals surface area contributed by atoms with Gasteiger partial charge in [0, 0.05) is 11.1 Å². The molecule has 1 heterocycles. The number of hydrogen-bond donors (Lipinski definition) is 1. The second kappa shape index (κ2) is 8.08. The van der Waals surface area contributed by atoms with Crippen LogP contribution in [0.15, 0.2) is 60.7 Å². The highest BCUT2D eigenvalue weighted by atomic mass is 19.1. The summed E-state index contributed by atoms with van der Waals surface area (Å²) >= 11 is 0. The molecule has 0 aromatic heterocycles. The molecule has 1 N–H and O–H groups in total. The van der Waals surface area contributed by atoms with Gasteiger partial charge in [-0.1, -0.05) is 49.7 Å². The number of hydrogen-bond acceptors (Lipinski definition) is 2. The van der Waals surface area contributed by atoms with Crippen molar-refractivity contribution in [3.05, 3.63) is 94.3 Å².